The third-order valence-electron chi connectivity index (χ3n) is 4.12. The van der Waals surface area contributed by atoms with Crippen LogP contribution >= 0.6 is 0 Å². The highest BCUT2D eigenvalue weighted by molar-refractivity contribution is 5.87. The van der Waals surface area contributed by atoms with Crippen LogP contribution in [0.15, 0.2) is 0 Å². The van der Waals surface area contributed by atoms with Gasteiger partial charge in [0.2, 0.25) is 11.8 Å². The fourth-order valence-corrected chi connectivity index (χ4v) is 3.13. The summed E-state index contributed by atoms with van der Waals surface area (Å²) in [4.78, 5) is 27.7. The number of amides is 2. The van der Waals surface area contributed by atoms with Crippen molar-refractivity contribution in [2.75, 3.05) is 19.6 Å². The molecule has 0 bridgehead atoms. The Morgan fingerprint density at radius 2 is 1.83 bits per heavy atom. The number of hydrogen-bond acceptors (Lipinski definition) is 3. The summed E-state index contributed by atoms with van der Waals surface area (Å²) in [6, 6.07) is -0.0738. The molecule has 2 saturated heterocycles. The Bertz CT molecular complexity index is 332. The van der Waals surface area contributed by atoms with Crippen molar-refractivity contribution in [3.8, 4) is 0 Å². The van der Waals surface area contributed by atoms with Crippen LogP contribution in [0.2, 0.25) is 0 Å². The minimum absolute atomic E-state index is 0.00663. The average Bonchev–Trinajstić information content (AvgIpc) is 2.87. The first-order chi connectivity index (χ1) is 8.65. The smallest absolute Gasteiger partial charge is 0.245 e. The number of carbonyl (C=O) groups excluding carboxylic acids is 2. The fraction of sp³-hybridized carbons (Fsp3) is 0.846. The topological polar surface area (TPSA) is 66.6 Å². The van der Waals surface area contributed by atoms with Crippen molar-refractivity contribution >= 4 is 11.8 Å². The molecule has 2 fully saturated rings. The minimum atomic E-state index is -0.241. The molecule has 2 amide bonds. The summed E-state index contributed by atoms with van der Waals surface area (Å²) >= 11 is 0. The lowest BCUT2D eigenvalue weighted by molar-refractivity contribution is -0.145. The largest absolute Gasteiger partial charge is 0.337 e. The number of piperidine rings is 1. The Hall–Kier alpha value is -1.10. The van der Waals surface area contributed by atoms with Crippen LogP contribution in [0.4, 0.5) is 0 Å². The molecule has 0 aliphatic carbocycles. The molecule has 18 heavy (non-hydrogen) atoms. The molecule has 0 aromatic carbocycles. The van der Waals surface area contributed by atoms with E-state index in [1.54, 1.807) is 11.8 Å². The van der Waals surface area contributed by atoms with E-state index in [1.807, 2.05) is 4.90 Å². The van der Waals surface area contributed by atoms with Crippen molar-refractivity contribution < 1.29 is 9.59 Å². The van der Waals surface area contributed by atoms with Gasteiger partial charge in [0.25, 0.3) is 0 Å². The van der Waals surface area contributed by atoms with Crippen molar-refractivity contribution in [1.82, 2.24) is 9.80 Å². The summed E-state index contributed by atoms with van der Waals surface area (Å²) in [5, 5.41) is 0. The normalized spacial score (nSPS) is 28.6. The highest BCUT2D eigenvalue weighted by Gasteiger charge is 2.37. The molecule has 0 spiro atoms. The van der Waals surface area contributed by atoms with E-state index in [2.05, 4.69) is 0 Å². The molecule has 2 N–H and O–H groups in total. The van der Waals surface area contributed by atoms with Gasteiger partial charge in [-0.25, -0.2) is 0 Å². The average molecular weight is 253 g/mol. The van der Waals surface area contributed by atoms with E-state index in [0.29, 0.717) is 13.1 Å². The molecule has 2 rings (SSSR count). The molecule has 2 unspecified atom stereocenters. The number of carbonyl (C=O) groups is 2. The Labute approximate surface area is 108 Å². The molecule has 0 aromatic heterocycles. The van der Waals surface area contributed by atoms with Crippen molar-refractivity contribution in [3.63, 3.8) is 0 Å². The van der Waals surface area contributed by atoms with Crippen LogP contribution in [0.3, 0.4) is 0 Å². The molecule has 102 valence electrons. The first-order valence-electron chi connectivity index (χ1n) is 6.93. The molecule has 2 heterocycles. The Morgan fingerprint density at radius 1 is 1.11 bits per heavy atom. The fourth-order valence-electron chi connectivity index (χ4n) is 3.13. The zero-order valence-corrected chi connectivity index (χ0v) is 11.1. The van der Waals surface area contributed by atoms with Gasteiger partial charge in [-0.1, -0.05) is 0 Å². The lowest BCUT2D eigenvalue weighted by Gasteiger charge is -2.38. The second-order valence-corrected chi connectivity index (χ2v) is 5.29. The van der Waals surface area contributed by atoms with Gasteiger partial charge < -0.3 is 15.5 Å². The molecular formula is C13H23N3O2. The summed E-state index contributed by atoms with van der Waals surface area (Å²) in [5.41, 5.74) is 5.75. The maximum Gasteiger partial charge on any atom is 0.245 e. The Morgan fingerprint density at radius 3 is 2.50 bits per heavy atom. The monoisotopic (exact) mass is 253 g/mol. The van der Waals surface area contributed by atoms with Gasteiger partial charge in [-0.2, -0.15) is 0 Å². The lowest BCUT2D eigenvalue weighted by atomic mass is 10.0. The summed E-state index contributed by atoms with van der Waals surface area (Å²) < 4.78 is 0. The third kappa shape index (κ3) is 2.51. The molecule has 0 saturated carbocycles. The second kappa shape index (κ2) is 5.69. The van der Waals surface area contributed by atoms with E-state index in [4.69, 9.17) is 5.73 Å². The quantitative estimate of drug-likeness (QED) is 0.771. The van der Waals surface area contributed by atoms with Crippen LogP contribution < -0.4 is 5.73 Å². The number of rotatable bonds is 2. The predicted octanol–water partition coefficient (Wildman–Crippen LogP) is 0.337. The zero-order valence-electron chi connectivity index (χ0n) is 11.1. The number of likely N-dealkylation sites (tertiary alicyclic amines) is 2. The predicted molar refractivity (Wildman–Crippen MR) is 68.8 cm³/mol. The molecule has 2 aliphatic rings. The summed E-state index contributed by atoms with van der Waals surface area (Å²) in [6.07, 6.45) is 4.92. The maximum absolute atomic E-state index is 12.6. The van der Waals surface area contributed by atoms with E-state index in [-0.39, 0.29) is 23.9 Å². The van der Waals surface area contributed by atoms with Crippen LogP contribution in [-0.4, -0.2) is 53.3 Å². The van der Waals surface area contributed by atoms with Gasteiger partial charge in [-0.15, -0.1) is 0 Å². The van der Waals surface area contributed by atoms with Crippen molar-refractivity contribution in [2.45, 2.75) is 51.1 Å². The molecule has 2 atom stereocenters. The SMILES string of the molecule is CC(=O)N1CCCC1C(=O)N1CCCCC1CN. The Kier molecular flexibility index (Phi) is 4.22. The third-order valence-corrected chi connectivity index (χ3v) is 4.12. The molecule has 2 aliphatic heterocycles. The first-order valence-corrected chi connectivity index (χ1v) is 6.93. The summed E-state index contributed by atoms with van der Waals surface area (Å²) in [7, 11) is 0. The van der Waals surface area contributed by atoms with Crippen LogP contribution in [0.1, 0.15) is 39.0 Å². The van der Waals surface area contributed by atoms with Gasteiger partial charge in [0.15, 0.2) is 0 Å². The van der Waals surface area contributed by atoms with Crippen LogP contribution in [0, 0.1) is 0 Å². The van der Waals surface area contributed by atoms with Crippen molar-refractivity contribution in [3.05, 3.63) is 0 Å². The van der Waals surface area contributed by atoms with E-state index in [9.17, 15) is 9.59 Å². The van der Waals surface area contributed by atoms with Gasteiger partial charge in [0.1, 0.15) is 6.04 Å². The van der Waals surface area contributed by atoms with Gasteiger partial charge in [-0.05, 0) is 32.1 Å². The minimum Gasteiger partial charge on any atom is -0.337 e. The molecular weight excluding hydrogens is 230 g/mol. The zero-order chi connectivity index (χ0) is 13.1. The van der Waals surface area contributed by atoms with Crippen LogP contribution in [0.25, 0.3) is 0 Å². The molecule has 0 radical (unpaired) electrons. The van der Waals surface area contributed by atoms with E-state index < -0.39 is 0 Å². The van der Waals surface area contributed by atoms with Crippen molar-refractivity contribution in [2.24, 2.45) is 5.73 Å². The van der Waals surface area contributed by atoms with Gasteiger partial charge >= 0.3 is 0 Å². The highest BCUT2D eigenvalue weighted by Crippen LogP contribution is 2.23. The van der Waals surface area contributed by atoms with Gasteiger partial charge in [0.05, 0.1) is 0 Å². The number of nitrogens with zero attached hydrogens (tertiary/aromatic N) is 2. The van der Waals surface area contributed by atoms with Crippen LogP contribution in [-0.2, 0) is 9.59 Å². The van der Waals surface area contributed by atoms with Gasteiger partial charge in [0, 0.05) is 32.6 Å². The van der Waals surface area contributed by atoms with E-state index >= 15 is 0 Å². The molecule has 0 aromatic rings. The summed E-state index contributed by atoms with van der Waals surface area (Å²) in [6.45, 7) is 3.58. The lowest BCUT2D eigenvalue weighted by Crippen LogP contribution is -2.54. The van der Waals surface area contributed by atoms with E-state index in [0.717, 1.165) is 38.6 Å². The maximum atomic E-state index is 12.6. The number of nitrogens with two attached hydrogens (primary N) is 1. The van der Waals surface area contributed by atoms with Gasteiger partial charge in [-0.3, -0.25) is 9.59 Å². The van der Waals surface area contributed by atoms with Crippen molar-refractivity contribution in [1.29, 1.82) is 0 Å². The second-order valence-electron chi connectivity index (χ2n) is 5.29. The Balaban J connectivity index is 2.07. The summed E-state index contributed by atoms with van der Waals surface area (Å²) in [5.74, 6) is 0.116. The molecule has 5 heteroatoms. The highest BCUT2D eigenvalue weighted by atomic mass is 16.2. The van der Waals surface area contributed by atoms with Crippen LogP contribution in [0.5, 0.6) is 0 Å². The molecule has 5 nitrogen and oxygen atoms in total. The first kappa shape index (κ1) is 13.3. The standard InChI is InChI=1S/C13H23N3O2/c1-10(17)15-8-4-6-12(15)13(18)16-7-3-2-5-11(16)9-14/h11-12H,2-9,14H2,1H3. The number of hydrogen-bond donors (Lipinski definition) is 1. The van der Waals surface area contributed by atoms with E-state index in [1.165, 1.54) is 0 Å².